The summed E-state index contributed by atoms with van der Waals surface area (Å²) in [5, 5.41) is 3.05. The average molecular weight is 365 g/mol. The summed E-state index contributed by atoms with van der Waals surface area (Å²) in [6, 6.07) is 1.11. The van der Waals surface area contributed by atoms with Crippen molar-refractivity contribution in [1.82, 2.24) is 9.88 Å². The number of nitrogens with one attached hydrogen (secondary N) is 1. The van der Waals surface area contributed by atoms with Gasteiger partial charge in [0.15, 0.2) is 5.82 Å². The molecule has 2 heterocycles. The first-order chi connectivity index (χ1) is 12.4. The zero-order chi connectivity index (χ0) is 19.0. The Morgan fingerprint density at radius 1 is 1.42 bits per heavy atom. The molecule has 1 unspecified atom stereocenters. The van der Waals surface area contributed by atoms with Gasteiger partial charge in [0.25, 0.3) is 0 Å². The molecule has 1 atom stereocenters. The third-order valence-electron chi connectivity index (χ3n) is 4.66. The van der Waals surface area contributed by atoms with Crippen LogP contribution in [-0.2, 0) is 11.3 Å². The zero-order valence-corrected chi connectivity index (χ0v) is 14.9. The number of hydrogen-bond donors (Lipinski definition) is 1. The molecule has 0 amide bonds. The smallest absolute Gasteiger partial charge is 0.343 e. The number of methoxy groups -OCH3 is 1. The normalized spacial score (nSPS) is 17.6. The van der Waals surface area contributed by atoms with Crippen molar-refractivity contribution in [3.8, 4) is 0 Å². The minimum Gasteiger partial charge on any atom is -0.465 e. The molecule has 6 nitrogen and oxygen atoms in total. The number of halogens is 2. The molecule has 8 heteroatoms. The zero-order valence-electron chi connectivity index (χ0n) is 14.9. The van der Waals surface area contributed by atoms with Crippen molar-refractivity contribution in [2.24, 2.45) is 0 Å². The lowest BCUT2D eigenvalue weighted by molar-refractivity contribution is 0.0598. The quantitative estimate of drug-likeness (QED) is 0.842. The second-order valence-electron chi connectivity index (χ2n) is 6.37. The highest BCUT2D eigenvalue weighted by molar-refractivity contribution is 5.94. The fourth-order valence-electron chi connectivity index (χ4n) is 3.41. The van der Waals surface area contributed by atoms with Gasteiger partial charge in [-0.1, -0.05) is 0 Å². The molecule has 26 heavy (non-hydrogen) atoms. The standard InChI is InChI=1S/C18H21F2N3O3/c1-4-22-9-12(18(25)26-3)17(24)11-7-13(19)16(14(20)15(11)22)23-6-5-21-10(2)8-23/h7,9-10,21H,4-6,8H2,1-3H3. The number of aromatic nitrogens is 1. The summed E-state index contributed by atoms with van der Waals surface area (Å²) in [6.45, 7) is 5.52. The van der Waals surface area contributed by atoms with Gasteiger partial charge in [0.1, 0.15) is 17.1 Å². The third kappa shape index (κ3) is 2.94. The van der Waals surface area contributed by atoms with E-state index in [9.17, 15) is 14.0 Å². The van der Waals surface area contributed by atoms with Gasteiger partial charge in [-0.05, 0) is 19.9 Å². The molecule has 1 aromatic carbocycles. The predicted molar refractivity (Wildman–Crippen MR) is 94.8 cm³/mol. The lowest BCUT2D eigenvalue weighted by Gasteiger charge is -2.34. The number of fused-ring (bicyclic) bond motifs is 1. The van der Waals surface area contributed by atoms with E-state index in [2.05, 4.69) is 10.1 Å². The summed E-state index contributed by atoms with van der Waals surface area (Å²) in [4.78, 5) is 26.0. The van der Waals surface area contributed by atoms with Crippen LogP contribution in [0.4, 0.5) is 14.5 Å². The van der Waals surface area contributed by atoms with E-state index in [1.807, 2.05) is 6.92 Å². The Bertz CT molecular complexity index is 926. The first kappa shape index (κ1) is 18.3. The molecule has 1 saturated heterocycles. The van der Waals surface area contributed by atoms with Crippen LogP contribution in [0.25, 0.3) is 10.9 Å². The number of anilines is 1. The summed E-state index contributed by atoms with van der Waals surface area (Å²) in [6.07, 6.45) is 1.27. The van der Waals surface area contributed by atoms with Gasteiger partial charge < -0.3 is 19.5 Å². The third-order valence-corrected chi connectivity index (χ3v) is 4.66. The van der Waals surface area contributed by atoms with Crippen LogP contribution in [-0.4, -0.2) is 43.3 Å². The molecule has 0 spiro atoms. The molecule has 1 aliphatic rings. The Kier molecular flexibility index (Phi) is 4.95. The Morgan fingerprint density at radius 3 is 2.77 bits per heavy atom. The minimum absolute atomic E-state index is 0.00672. The molecule has 3 rings (SSSR count). The Hall–Kier alpha value is -2.48. The number of aryl methyl sites for hydroxylation is 1. The van der Waals surface area contributed by atoms with Crippen LogP contribution in [0, 0.1) is 11.6 Å². The highest BCUT2D eigenvalue weighted by Crippen LogP contribution is 2.30. The number of hydrogen-bond acceptors (Lipinski definition) is 5. The van der Waals surface area contributed by atoms with E-state index in [-0.39, 0.29) is 28.2 Å². The van der Waals surface area contributed by atoms with E-state index < -0.39 is 23.0 Å². The topological polar surface area (TPSA) is 63.6 Å². The number of nitrogens with zero attached hydrogens (tertiary/aromatic N) is 2. The number of pyridine rings is 1. The number of carbonyl (C=O) groups is 1. The van der Waals surface area contributed by atoms with Crippen molar-refractivity contribution in [3.05, 3.63) is 39.7 Å². The molecule has 1 fully saturated rings. The van der Waals surface area contributed by atoms with Gasteiger partial charge in [-0.15, -0.1) is 0 Å². The molecule has 1 aliphatic heterocycles. The molecule has 1 aromatic heterocycles. The summed E-state index contributed by atoms with van der Waals surface area (Å²) in [7, 11) is 1.15. The maximum Gasteiger partial charge on any atom is 0.343 e. The van der Waals surface area contributed by atoms with Crippen molar-refractivity contribution in [2.45, 2.75) is 26.4 Å². The van der Waals surface area contributed by atoms with Gasteiger partial charge in [-0.2, -0.15) is 0 Å². The maximum absolute atomic E-state index is 15.3. The molecular weight excluding hydrogens is 344 g/mol. The van der Waals surface area contributed by atoms with Gasteiger partial charge in [-0.3, -0.25) is 4.79 Å². The van der Waals surface area contributed by atoms with Gasteiger partial charge >= 0.3 is 5.97 Å². The highest BCUT2D eigenvalue weighted by Gasteiger charge is 2.27. The van der Waals surface area contributed by atoms with Crippen LogP contribution in [0.1, 0.15) is 24.2 Å². The minimum atomic E-state index is -0.833. The molecule has 0 saturated carbocycles. The first-order valence-electron chi connectivity index (χ1n) is 8.50. The number of ether oxygens (including phenoxy) is 1. The molecule has 1 N–H and O–H groups in total. The second-order valence-corrected chi connectivity index (χ2v) is 6.37. The van der Waals surface area contributed by atoms with E-state index in [1.54, 1.807) is 11.8 Å². The van der Waals surface area contributed by atoms with Crippen LogP contribution in [0.2, 0.25) is 0 Å². The summed E-state index contributed by atoms with van der Waals surface area (Å²) >= 11 is 0. The van der Waals surface area contributed by atoms with Gasteiger partial charge in [0.05, 0.1) is 18.0 Å². The van der Waals surface area contributed by atoms with Crippen LogP contribution < -0.4 is 15.6 Å². The number of rotatable bonds is 3. The molecule has 0 aliphatic carbocycles. The van der Waals surface area contributed by atoms with Gasteiger partial charge in [-0.25, -0.2) is 13.6 Å². The summed E-state index contributed by atoms with van der Waals surface area (Å²) in [5.74, 6) is -2.43. The van der Waals surface area contributed by atoms with E-state index in [1.165, 1.54) is 10.8 Å². The largest absolute Gasteiger partial charge is 0.465 e. The Labute approximate surface area is 149 Å². The Morgan fingerprint density at radius 2 is 2.15 bits per heavy atom. The molecule has 0 radical (unpaired) electrons. The number of benzene rings is 1. The van der Waals surface area contributed by atoms with E-state index in [0.717, 1.165) is 13.2 Å². The number of esters is 1. The molecule has 0 bridgehead atoms. The highest BCUT2D eigenvalue weighted by atomic mass is 19.1. The summed E-state index contributed by atoms with van der Waals surface area (Å²) < 4.78 is 36.1. The Balaban J connectivity index is 2.29. The fraction of sp³-hybridized carbons (Fsp3) is 0.444. The lowest BCUT2D eigenvalue weighted by atomic mass is 10.1. The molecule has 2 aromatic rings. The van der Waals surface area contributed by atoms with Gasteiger partial charge in [0, 0.05) is 38.4 Å². The fourth-order valence-corrected chi connectivity index (χ4v) is 3.41. The van der Waals surface area contributed by atoms with Gasteiger partial charge in [0.2, 0.25) is 5.43 Å². The van der Waals surface area contributed by atoms with E-state index in [4.69, 9.17) is 0 Å². The van der Waals surface area contributed by atoms with Crippen molar-refractivity contribution in [1.29, 1.82) is 0 Å². The number of piperazine rings is 1. The molecular formula is C18H21F2N3O3. The predicted octanol–water partition coefficient (Wildman–Crippen LogP) is 1.88. The van der Waals surface area contributed by atoms with Crippen LogP contribution >= 0.6 is 0 Å². The second kappa shape index (κ2) is 7.03. The lowest BCUT2D eigenvalue weighted by Crippen LogP contribution is -2.49. The van der Waals surface area contributed by atoms with E-state index >= 15 is 4.39 Å². The monoisotopic (exact) mass is 365 g/mol. The SMILES string of the molecule is CCn1cc(C(=O)OC)c(=O)c2cc(F)c(N3CCNC(C)C3)c(F)c21. The first-order valence-corrected chi connectivity index (χ1v) is 8.50. The maximum atomic E-state index is 15.3. The van der Waals surface area contributed by atoms with Crippen LogP contribution in [0.5, 0.6) is 0 Å². The van der Waals surface area contributed by atoms with Crippen molar-refractivity contribution in [2.75, 3.05) is 31.6 Å². The number of carbonyl (C=O) groups excluding carboxylic acids is 1. The molecule has 140 valence electrons. The average Bonchev–Trinajstić information content (AvgIpc) is 2.62. The van der Waals surface area contributed by atoms with Crippen molar-refractivity contribution >= 4 is 22.6 Å². The van der Waals surface area contributed by atoms with E-state index in [0.29, 0.717) is 26.2 Å². The summed E-state index contributed by atoms with van der Waals surface area (Å²) in [5.41, 5.74) is -1.13. The van der Waals surface area contributed by atoms with Crippen molar-refractivity contribution in [3.63, 3.8) is 0 Å². The van der Waals surface area contributed by atoms with Crippen molar-refractivity contribution < 1.29 is 18.3 Å². The van der Waals surface area contributed by atoms with Crippen LogP contribution in [0.15, 0.2) is 17.1 Å². The van der Waals surface area contributed by atoms with Crippen LogP contribution in [0.3, 0.4) is 0 Å².